The zero-order valence-corrected chi connectivity index (χ0v) is 15.4. The van der Waals surface area contributed by atoms with Crippen LogP contribution in [-0.2, 0) is 20.1 Å². The van der Waals surface area contributed by atoms with E-state index in [1.54, 1.807) is 6.26 Å². The van der Waals surface area contributed by atoms with Crippen LogP contribution in [0, 0.1) is 6.92 Å². The number of nitrogens with one attached hydrogen (secondary N) is 1. The first-order valence-corrected chi connectivity index (χ1v) is 8.78. The van der Waals surface area contributed by atoms with Gasteiger partial charge in [0.25, 0.3) is 0 Å². The molecule has 9 heteroatoms. The first-order chi connectivity index (χ1) is 12.7. The summed E-state index contributed by atoms with van der Waals surface area (Å²) >= 11 is 0. The molecule has 0 aliphatic carbocycles. The Hall–Kier alpha value is -2.68. The normalized spacial score (nSPS) is 16.1. The third-order valence-corrected chi connectivity index (χ3v) is 4.51. The maximum atomic E-state index is 4.91. The Labute approximate surface area is 153 Å². The van der Waals surface area contributed by atoms with Gasteiger partial charge in [0.15, 0.2) is 11.8 Å². The van der Waals surface area contributed by atoms with E-state index < -0.39 is 0 Å². The number of aliphatic imine (C=N–C) groups is 1. The van der Waals surface area contributed by atoms with Gasteiger partial charge < -0.3 is 19.3 Å². The van der Waals surface area contributed by atoms with Crippen LogP contribution in [0.5, 0.6) is 0 Å². The Bertz CT molecular complexity index is 728. The fourth-order valence-electron chi connectivity index (χ4n) is 2.83. The van der Waals surface area contributed by atoms with Crippen molar-refractivity contribution in [2.24, 2.45) is 12.0 Å². The van der Waals surface area contributed by atoms with Gasteiger partial charge in [-0.2, -0.15) is 0 Å². The second kappa shape index (κ2) is 8.61. The van der Waals surface area contributed by atoms with Crippen molar-refractivity contribution in [2.45, 2.75) is 20.0 Å². The highest BCUT2D eigenvalue weighted by molar-refractivity contribution is 5.80. The Balaban J connectivity index is 1.59. The second-order valence-electron chi connectivity index (χ2n) is 6.29. The van der Waals surface area contributed by atoms with E-state index in [2.05, 4.69) is 37.0 Å². The molecule has 3 heterocycles. The Morgan fingerprint density at radius 3 is 2.77 bits per heavy atom. The van der Waals surface area contributed by atoms with Crippen molar-refractivity contribution in [3.8, 4) is 0 Å². The van der Waals surface area contributed by atoms with Gasteiger partial charge >= 0.3 is 0 Å². The summed E-state index contributed by atoms with van der Waals surface area (Å²) in [6.07, 6.45) is 3.45. The molecule has 9 nitrogen and oxygen atoms in total. The Morgan fingerprint density at radius 2 is 2.15 bits per heavy atom. The highest BCUT2D eigenvalue weighted by Gasteiger charge is 2.20. The first kappa shape index (κ1) is 18.1. The van der Waals surface area contributed by atoms with Crippen LogP contribution in [0.25, 0.3) is 0 Å². The summed E-state index contributed by atoms with van der Waals surface area (Å²) in [4.78, 5) is 9.38. The number of rotatable bonds is 6. The van der Waals surface area contributed by atoms with Crippen LogP contribution in [0.4, 0.5) is 0 Å². The first-order valence-electron chi connectivity index (χ1n) is 8.78. The van der Waals surface area contributed by atoms with Crippen molar-refractivity contribution in [3.63, 3.8) is 0 Å². The molecular weight excluding hydrogens is 332 g/mol. The number of guanidine groups is 1. The average Bonchev–Trinajstić information content (AvgIpc) is 3.27. The van der Waals surface area contributed by atoms with E-state index in [1.807, 2.05) is 30.7 Å². The van der Waals surface area contributed by atoms with Gasteiger partial charge in [0.05, 0.1) is 5.69 Å². The molecule has 0 unspecified atom stereocenters. The van der Waals surface area contributed by atoms with Crippen LogP contribution < -0.4 is 5.32 Å². The molecule has 0 aromatic carbocycles. The molecule has 0 radical (unpaired) electrons. The average molecular weight is 358 g/mol. The zero-order valence-electron chi connectivity index (χ0n) is 15.4. The molecule has 3 rings (SSSR count). The molecule has 1 N–H and O–H groups in total. The fourth-order valence-corrected chi connectivity index (χ4v) is 2.83. The number of piperazine rings is 1. The predicted octanol–water partition coefficient (Wildman–Crippen LogP) is 0.561. The number of aromatic nitrogens is 4. The van der Waals surface area contributed by atoms with Gasteiger partial charge in [-0.25, -0.2) is 4.99 Å². The van der Waals surface area contributed by atoms with Crippen LogP contribution in [-0.4, -0.2) is 68.4 Å². The summed E-state index contributed by atoms with van der Waals surface area (Å²) in [5.74, 6) is 2.62. The zero-order chi connectivity index (χ0) is 18.4. The largest absolute Gasteiger partial charge is 0.364 e. The monoisotopic (exact) mass is 358 g/mol. The third-order valence-electron chi connectivity index (χ3n) is 4.51. The van der Waals surface area contributed by atoms with Gasteiger partial charge in [0, 0.05) is 52.4 Å². The summed E-state index contributed by atoms with van der Waals surface area (Å²) in [7, 11) is 1.96. The SMILES string of the molecule is C=CCNC(=NCc1nnc(C)n1C)N1CCN(Cc2ccon2)CC1. The summed E-state index contributed by atoms with van der Waals surface area (Å²) in [6.45, 7) is 11.4. The van der Waals surface area contributed by atoms with Gasteiger partial charge in [-0.05, 0) is 6.92 Å². The van der Waals surface area contributed by atoms with E-state index in [-0.39, 0.29) is 0 Å². The lowest BCUT2D eigenvalue weighted by Gasteiger charge is -2.36. The summed E-state index contributed by atoms with van der Waals surface area (Å²) < 4.78 is 6.87. The van der Waals surface area contributed by atoms with Gasteiger partial charge in [0.2, 0.25) is 0 Å². The summed E-state index contributed by atoms with van der Waals surface area (Å²) in [6, 6.07) is 1.91. The number of hydrogen-bond donors (Lipinski definition) is 1. The molecule has 1 fully saturated rings. The molecule has 0 saturated carbocycles. The molecule has 0 amide bonds. The van der Waals surface area contributed by atoms with Crippen molar-refractivity contribution in [1.82, 2.24) is 35.0 Å². The minimum atomic E-state index is 0.496. The van der Waals surface area contributed by atoms with E-state index >= 15 is 0 Å². The third kappa shape index (κ3) is 4.48. The lowest BCUT2D eigenvalue weighted by molar-refractivity contribution is 0.169. The van der Waals surface area contributed by atoms with Crippen molar-refractivity contribution >= 4 is 5.96 Å². The highest BCUT2D eigenvalue weighted by Crippen LogP contribution is 2.08. The molecule has 1 aliphatic rings. The van der Waals surface area contributed by atoms with Crippen LogP contribution in [0.3, 0.4) is 0 Å². The van der Waals surface area contributed by atoms with Crippen molar-refractivity contribution in [2.75, 3.05) is 32.7 Å². The highest BCUT2D eigenvalue weighted by atomic mass is 16.5. The number of aryl methyl sites for hydroxylation is 1. The van der Waals surface area contributed by atoms with Crippen LogP contribution in [0.1, 0.15) is 17.3 Å². The molecule has 0 atom stereocenters. The lowest BCUT2D eigenvalue weighted by atomic mass is 10.3. The standard InChI is InChI=1S/C17H26N8O/c1-4-6-18-17(19-12-16-21-20-14(2)23(16)3)25-9-7-24(8-10-25)13-15-5-11-26-22-15/h4-5,11H,1,6-10,12-13H2,2-3H3,(H,18,19). The molecular formula is C17H26N8O. The second-order valence-corrected chi connectivity index (χ2v) is 6.29. The van der Waals surface area contributed by atoms with E-state index in [9.17, 15) is 0 Å². The Kier molecular flexibility index (Phi) is 6.00. The van der Waals surface area contributed by atoms with Crippen molar-refractivity contribution in [3.05, 3.63) is 42.3 Å². The molecule has 0 bridgehead atoms. The maximum Gasteiger partial charge on any atom is 0.194 e. The Morgan fingerprint density at radius 1 is 1.35 bits per heavy atom. The van der Waals surface area contributed by atoms with Gasteiger partial charge in [-0.15, -0.1) is 16.8 Å². The van der Waals surface area contributed by atoms with Crippen molar-refractivity contribution < 1.29 is 4.52 Å². The van der Waals surface area contributed by atoms with E-state index in [0.717, 1.165) is 56.0 Å². The molecule has 2 aromatic heterocycles. The van der Waals surface area contributed by atoms with Gasteiger partial charge in [-0.1, -0.05) is 11.2 Å². The lowest BCUT2D eigenvalue weighted by Crippen LogP contribution is -2.52. The maximum absolute atomic E-state index is 4.91. The summed E-state index contributed by atoms with van der Waals surface area (Å²) in [5, 5.41) is 15.6. The van der Waals surface area contributed by atoms with E-state index in [0.29, 0.717) is 13.1 Å². The van der Waals surface area contributed by atoms with Crippen LogP contribution in [0.2, 0.25) is 0 Å². The smallest absolute Gasteiger partial charge is 0.194 e. The molecule has 140 valence electrons. The van der Waals surface area contributed by atoms with Crippen LogP contribution in [0.15, 0.2) is 34.5 Å². The molecule has 1 aliphatic heterocycles. The predicted molar refractivity (Wildman–Crippen MR) is 98.4 cm³/mol. The minimum Gasteiger partial charge on any atom is -0.364 e. The van der Waals surface area contributed by atoms with E-state index in [1.165, 1.54) is 0 Å². The summed E-state index contributed by atoms with van der Waals surface area (Å²) in [5.41, 5.74) is 0.967. The minimum absolute atomic E-state index is 0.496. The topological polar surface area (TPSA) is 87.6 Å². The van der Waals surface area contributed by atoms with E-state index in [4.69, 9.17) is 9.52 Å². The number of hydrogen-bond acceptors (Lipinski definition) is 6. The van der Waals surface area contributed by atoms with Crippen molar-refractivity contribution in [1.29, 1.82) is 0 Å². The number of nitrogens with zero attached hydrogens (tertiary/aromatic N) is 7. The van der Waals surface area contributed by atoms with Gasteiger partial charge in [0.1, 0.15) is 18.6 Å². The van der Waals surface area contributed by atoms with Crippen LogP contribution >= 0.6 is 0 Å². The molecule has 1 saturated heterocycles. The molecule has 26 heavy (non-hydrogen) atoms. The molecule has 2 aromatic rings. The fraction of sp³-hybridized carbons (Fsp3) is 0.529. The molecule has 0 spiro atoms. The van der Waals surface area contributed by atoms with Gasteiger partial charge in [-0.3, -0.25) is 4.90 Å². The quantitative estimate of drug-likeness (QED) is 0.459.